The Balaban J connectivity index is 2.24. The van der Waals surface area contributed by atoms with Crippen molar-refractivity contribution in [3.8, 4) is 0 Å². The number of hydrogen-bond donors (Lipinski definition) is 1. The minimum absolute atomic E-state index is 0.467. The van der Waals surface area contributed by atoms with E-state index in [2.05, 4.69) is 85.7 Å². The Morgan fingerprint density at radius 2 is 1.84 bits per heavy atom. The van der Waals surface area contributed by atoms with Gasteiger partial charge in [0.1, 0.15) is 0 Å². The maximum absolute atomic E-state index is 3.66. The van der Waals surface area contributed by atoms with Crippen molar-refractivity contribution >= 4 is 31.9 Å². The molecule has 0 aliphatic rings. The molecule has 0 radical (unpaired) electrons. The minimum atomic E-state index is 0.467. The first-order valence-corrected chi connectivity index (χ1v) is 7.92. The van der Waals surface area contributed by atoms with Crippen LogP contribution < -0.4 is 5.32 Å². The van der Waals surface area contributed by atoms with Crippen molar-refractivity contribution in [2.45, 2.75) is 12.3 Å². The summed E-state index contributed by atoms with van der Waals surface area (Å²) in [5, 5.41) is 3.30. The Hall–Kier alpha value is -0.640. The van der Waals surface area contributed by atoms with E-state index in [-0.39, 0.29) is 0 Å². The molecule has 100 valence electrons. The van der Waals surface area contributed by atoms with E-state index in [4.69, 9.17) is 0 Å². The van der Waals surface area contributed by atoms with E-state index in [1.165, 1.54) is 15.6 Å². The van der Waals surface area contributed by atoms with Gasteiger partial charge in [-0.3, -0.25) is 0 Å². The molecule has 1 N–H and O–H groups in total. The lowest BCUT2D eigenvalue weighted by atomic mass is 9.92. The molecule has 19 heavy (non-hydrogen) atoms. The molecule has 0 saturated heterocycles. The molecule has 0 aliphatic carbocycles. The molecule has 0 spiro atoms. The van der Waals surface area contributed by atoms with Crippen LogP contribution in [0.5, 0.6) is 0 Å². The largest absolute Gasteiger partial charge is 0.319 e. The van der Waals surface area contributed by atoms with Crippen LogP contribution in [0, 0.1) is 0 Å². The minimum Gasteiger partial charge on any atom is -0.319 e. The second-order valence-electron chi connectivity index (χ2n) is 4.61. The van der Waals surface area contributed by atoms with Crippen LogP contribution >= 0.6 is 31.9 Å². The molecule has 2 rings (SSSR count). The Kier molecular flexibility index (Phi) is 5.61. The van der Waals surface area contributed by atoms with Gasteiger partial charge in [-0.15, -0.1) is 0 Å². The number of halogens is 2. The molecular formula is C16H17Br2N. The fourth-order valence-electron chi connectivity index (χ4n) is 2.29. The number of benzene rings is 2. The van der Waals surface area contributed by atoms with Gasteiger partial charge < -0.3 is 5.32 Å². The first kappa shape index (κ1) is 14.8. The lowest BCUT2D eigenvalue weighted by molar-refractivity contribution is 0.623. The number of nitrogens with one attached hydrogen (secondary N) is 1. The van der Waals surface area contributed by atoms with E-state index in [9.17, 15) is 0 Å². The first-order chi connectivity index (χ1) is 9.20. The van der Waals surface area contributed by atoms with E-state index in [0.717, 1.165) is 17.4 Å². The third-order valence-corrected chi connectivity index (χ3v) is 4.38. The number of hydrogen-bond acceptors (Lipinski definition) is 1. The van der Waals surface area contributed by atoms with E-state index in [1.54, 1.807) is 0 Å². The zero-order valence-electron chi connectivity index (χ0n) is 10.9. The highest BCUT2D eigenvalue weighted by atomic mass is 79.9. The van der Waals surface area contributed by atoms with Crippen molar-refractivity contribution in [2.24, 2.45) is 0 Å². The smallest absolute Gasteiger partial charge is 0.0210 e. The number of likely N-dealkylation sites (N-methyl/N-ethyl adjacent to an activating group) is 1. The molecular weight excluding hydrogens is 366 g/mol. The average molecular weight is 383 g/mol. The molecule has 1 atom stereocenters. The molecule has 2 aromatic rings. The van der Waals surface area contributed by atoms with E-state index < -0.39 is 0 Å². The Labute approximate surface area is 131 Å². The summed E-state index contributed by atoms with van der Waals surface area (Å²) in [6.45, 7) is 0.967. The summed E-state index contributed by atoms with van der Waals surface area (Å²) in [7, 11) is 2.00. The topological polar surface area (TPSA) is 12.0 Å². The molecule has 0 amide bonds. The third kappa shape index (κ3) is 4.16. The Morgan fingerprint density at radius 3 is 2.53 bits per heavy atom. The highest BCUT2D eigenvalue weighted by molar-refractivity contribution is 9.10. The van der Waals surface area contributed by atoms with Crippen molar-refractivity contribution in [1.82, 2.24) is 5.32 Å². The van der Waals surface area contributed by atoms with Crippen LogP contribution in [0.2, 0.25) is 0 Å². The van der Waals surface area contributed by atoms with Gasteiger partial charge in [0.2, 0.25) is 0 Å². The molecule has 1 unspecified atom stereocenters. The van der Waals surface area contributed by atoms with Gasteiger partial charge in [-0.2, -0.15) is 0 Å². The highest BCUT2D eigenvalue weighted by Crippen LogP contribution is 2.28. The van der Waals surface area contributed by atoms with Crippen LogP contribution in [0.1, 0.15) is 17.0 Å². The van der Waals surface area contributed by atoms with Crippen LogP contribution in [0.3, 0.4) is 0 Å². The quantitative estimate of drug-likeness (QED) is 0.786. The third-order valence-electron chi connectivity index (χ3n) is 3.17. The van der Waals surface area contributed by atoms with Crippen LogP contribution in [0.15, 0.2) is 57.5 Å². The lowest BCUT2D eigenvalue weighted by Gasteiger charge is -2.19. The normalized spacial score (nSPS) is 12.4. The summed E-state index contributed by atoms with van der Waals surface area (Å²) in [5.41, 5.74) is 2.71. The van der Waals surface area contributed by atoms with Crippen molar-refractivity contribution < 1.29 is 0 Å². The second-order valence-corrected chi connectivity index (χ2v) is 6.38. The fourth-order valence-corrected chi connectivity index (χ4v) is 3.35. The molecule has 1 nitrogen and oxygen atoms in total. The predicted octanol–water partition coefficient (Wildman–Crippen LogP) is 4.76. The van der Waals surface area contributed by atoms with Gasteiger partial charge in [0, 0.05) is 21.4 Å². The van der Waals surface area contributed by atoms with Crippen molar-refractivity contribution in [3.05, 3.63) is 68.6 Å². The average Bonchev–Trinajstić information content (AvgIpc) is 2.39. The zero-order chi connectivity index (χ0) is 13.7. The molecule has 0 aromatic heterocycles. The molecule has 0 aliphatic heterocycles. The Bertz CT molecular complexity index is 540. The maximum Gasteiger partial charge on any atom is 0.0210 e. The first-order valence-electron chi connectivity index (χ1n) is 6.34. The van der Waals surface area contributed by atoms with Crippen LogP contribution in [0.25, 0.3) is 0 Å². The number of rotatable bonds is 5. The van der Waals surface area contributed by atoms with Crippen LogP contribution in [-0.4, -0.2) is 13.6 Å². The summed E-state index contributed by atoms with van der Waals surface area (Å²) in [5.74, 6) is 0.467. The van der Waals surface area contributed by atoms with Gasteiger partial charge in [0.15, 0.2) is 0 Å². The zero-order valence-corrected chi connectivity index (χ0v) is 14.0. The van der Waals surface area contributed by atoms with Crippen molar-refractivity contribution in [3.63, 3.8) is 0 Å². The SMILES string of the molecule is CNCC(Cc1cccc(Br)c1)c1ccccc1Br. The molecule has 2 aromatic carbocycles. The van der Waals surface area contributed by atoms with Crippen molar-refractivity contribution in [1.29, 1.82) is 0 Å². The molecule has 0 saturated carbocycles. The van der Waals surface area contributed by atoms with Crippen molar-refractivity contribution in [2.75, 3.05) is 13.6 Å². The highest BCUT2D eigenvalue weighted by Gasteiger charge is 2.14. The monoisotopic (exact) mass is 381 g/mol. The molecule has 3 heteroatoms. The summed E-state index contributed by atoms with van der Waals surface area (Å²) in [6.07, 6.45) is 1.03. The van der Waals surface area contributed by atoms with E-state index in [1.807, 2.05) is 7.05 Å². The van der Waals surface area contributed by atoms with E-state index in [0.29, 0.717) is 5.92 Å². The standard InChI is InChI=1S/C16H17Br2N/c1-19-11-13(15-7-2-3-8-16(15)18)9-12-5-4-6-14(17)10-12/h2-8,10,13,19H,9,11H2,1H3. The van der Waals surface area contributed by atoms with Gasteiger partial charge >= 0.3 is 0 Å². The van der Waals surface area contributed by atoms with E-state index >= 15 is 0 Å². The van der Waals surface area contributed by atoms with Crippen LogP contribution in [0.4, 0.5) is 0 Å². The molecule has 0 heterocycles. The van der Waals surface area contributed by atoms with Gasteiger partial charge in [-0.1, -0.05) is 62.2 Å². The van der Waals surface area contributed by atoms with Gasteiger partial charge in [0.25, 0.3) is 0 Å². The molecule has 0 fully saturated rings. The summed E-state index contributed by atoms with van der Waals surface area (Å²) in [6, 6.07) is 17.0. The fraction of sp³-hybridized carbons (Fsp3) is 0.250. The summed E-state index contributed by atoms with van der Waals surface area (Å²) in [4.78, 5) is 0. The van der Waals surface area contributed by atoms with Gasteiger partial charge in [0.05, 0.1) is 0 Å². The van der Waals surface area contributed by atoms with Gasteiger partial charge in [-0.05, 0) is 42.8 Å². The summed E-state index contributed by atoms with van der Waals surface area (Å²) >= 11 is 7.19. The predicted molar refractivity (Wildman–Crippen MR) is 88.7 cm³/mol. The lowest BCUT2D eigenvalue weighted by Crippen LogP contribution is -2.19. The van der Waals surface area contributed by atoms with Gasteiger partial charge in [-0.25, -0.2) is 0 Å². The van der Waals surface area contributed by atoms with Crippen LogP contribution in [-0.2, 0) is 6.42 Å². The molecule has 0 bridgehead atoms. The second kappa shape index (κ2) is 7.22. The summed E-state index contributed by atoms with van der Waals surface area (Å²) < 4.78 is 2.32. The maximum atomic E-state index is 3.66. The Morgan fingerprint density at radius 1 is 1.05 bits per heavy atom.